The van der Waals surface area contributed by atoms with Crippen LogP contribution >= 0.6 is 23.1 Å². The quantitative estimate of drug-likeness (QED) is 0.293. The normalized spacial score (nSPS) is 13.7. The van der Waals surface area contributed by atoms with Gasteiger partial charge >= 0.3 is 5.97 Å². The molecule has 1 aliphatic carbocycles. The average molecular weight is 529 g/mol. The molecule has 192 valence electrons. The maximum absolute atomic E-state index is 12.8. The molecule has 8 nitrogen and oxygen atoms in total. The third-order valence-electron chi connectivity index (χ3n) is 6.10. The van der Waals surface area contributed by atoms with Crippen LogP contribution in [0.1, 0.15) is 70.5 Å². The summed E-state index contributed by atoms with van der Waals surface area (Å²) in [6.07, 6.45) is 3.60. The summed E-state index contributed by atoms with van der Waals surface area (Å²) in [7, 11) is 1.86. The van der Waals surface area contributed by atoms with Gasteiger partial charge in [-0.2, -0.15) is 0 Å². The molecule has 0 radical (unpaired) electrons. The number of ether oxygens (including phenoxy) is 2. The number of aromatic nitrogens is 3. The van der Waals surface area contributed by atoms with Crippen molar-refractivity contribution in [2.24, 2.45) is 7.05 Å². The molecule has 1 N–H and O–H groups in total. The van der Waals surface area contributed by atoms with E-state index in [0.29, 0.717) is 28.2 Å². The molecule has 0 bridgehead atoms. The standard InChI is InChI=1S/C26H32N4O4S2/c1-6-33-25(32)22-18-9-7-8-10-20(18)36-24(22)27-21(31)14-35-26-29-28-23(30(26)5)17(4)34-19-12-11-15(2)13-16(19)3/h11-13,17H,6-10,14H2,1-5H3,(H,27,31). The van der Waals surface area contributed by atoms with Gasteiger partial charge in [0, 0.05) is 11.9 Å². The summed E-state index contributed by atoms with van der Waals surface area (Å²) in [5.74, 6) is 1.06. The lowest BCUT2D eigenvalue weighted by atomic mass is 9.95. The fourth-order valence-corrected chi connectivity index (χ4v) is 6.36. The number of nitrogens with one attached hydrogen (secondary N) is 1. The molecule has 1 amide bonds. The minimum Gasteiger partial charge on any atom is -0.482 e. The van der Waals surface area contributed by atoms with Crippen LogP contribution in [0, 0.1) is 13.8 Å². The van der Waals surface area contributed by atoms with E-state index in [2.05, 4.69) is 21.6 Å². The number of aryl methyl sites for hydroxylation is 3. The van der Waals surface area contributed by atoms with Crippen LogP contribution in [0.3, 0.4) is 0 Å². The number of esters is 1. The van der Waals surface area contributed by atoms with Crippen LogP contribution in [0.2, 0.25) is 0 Å². The van der Waals surface area contributed by atoms with E-state index in [1.165, 1.54) is 33.5 Å². The summed E-state index contributed by atoms with van der Waals surface area (Å²) in [4.78, 5) is 26.6. The number of thiophene rings is 1. The molecule has 2 heterocycles. The molecule has 0 aliphatic heterocycles. The van der Waals surface area contributed by atoms with Gasteiger partial charge in [0.2, 0.25) is 5.91 Å². The molecule has 0 saturated heterocycles. The Bertz CT molecular complexity index is 1270. The van der Waals surface area contributed by atoms with Gasteiger partial charge in [0.25, 0.3) is 0 Å². The topological polar surface area (TPSA) is 95.3 Å². The molecule has 3 aromatic rings. The van der Waals surface area contributed by atoms with Crippen LogP contribution in [-0.4, -0.2) is 39.0 Å². The van der Waals surface area contributed by atoms with Gasteiger partial charge in [-0.15, -0.1) is 21.5 Å². The Labute approximate surface area is 219 Å². The van der Waals surface area contributed by atoms with E-state index >= 15 is 0 Å². The first-order valence-corrected chi connectivity index (χ1v) is 14.0. The van der Waals surface area contributed by atoms with E-state index in [1.54, 1.807) is 6.92 Å². The van der Waals surface area contributed by atoms with Crippen molar-refractivity contribution in [3.8, 4) is 5.75 Å². The van der Waals surface area contributed by atoms with E-state index < -0.39 is 0 Å². The summed E-state index contributed by atoms with van der Waals surface area (Å²) in [5, 5.41) is 12.7. The van der Waals surface area contributed by atoms with Crippen molar-refractivity contribution in [3.63, 3.8) is 0 Å². The predicted molar refractivity (Wildman–Crippen MR) is 142 cm³/mol. The highest BCUT2D eigenvalue weighted by Crippen LogP contribution is 2.38. The highest BCUT2D eigenvalue weighted by molar-refractivity contribution is 7.99. The zero-order chi connectivity index (χ0) is 25.8. The minimum atomic E-state index is -0.365. The summed E-state index contributed by atoms with van der Waals surface area (Å²) >= 11 is 2.78. The monoisotopic (exact) mass is 528 g/mol. The van der Waals surface area contributed by atoms with Gasteiger partial charge in [-0.3, -0.25) is 4.79 Å². The van der Waals surface area contributed by atoms with Crippen LogP contribution in [-0.2, 0) is 29.4 Å². The van der Waals surface area contributed by atoms with Gasteiger partial charge in [-0.25, -0.2) is 4.79 Å². The Kier molecular flexibility index (Phi) is 8.35. The summed E-state index contributed by atoms with van der Waals surface area (Å²) in [6, 6.07) is 6.06. The lowest BCUT2D eigenvalue weighted by molar-refractivity contribution is -0.113. The van der Waals surface area contributed by atoms with Crippen molar-refractivity contribution in [1.82, 2.24) is 14.8 Å². The SMILES string of the molecule is CCOC(=O)c1c(NC(=O)CSc2nnc(C(C)Oc3ccc(C)cc3C)n2C)sc2c1CCCC2. The Morgan fingerprint density at radius 3 is 2.75 bits per heavy atom. The molecule has 1 unspecified atom stereocenters. The lowest BCUT2D eigenvalue weighted by Crippen LogP contribution is -2.17. The van der Waals surface area contributed by atoms with Crippen molar-refractivity contribution < 1.29 is 19.1 Å². The number of nitrogens with zero attached hydrogens (tertiary/aromatic N) is 3. The lowest BCUT2D eigenvalue weighted by Gasteiger charge is -2.16. The molecule has 1 aliphatic rings. The molecule has 0 fully saturated rings. The maximum Gasteiger partial charge on any atom is 0.341 e. The molecule has 36 heavy (non-hydrogen) atoms. The van der Waals surface area contributed by atoms with Gasteiger partial charge in [0.15, 0.2) is 17.1 Å². The number of hydrogen-bond donors (Lipinski definition) is 1. The van der Waals surface area contributed by atoms with E-state index in [9.17, 15) is 9.59 Å². The zero-order valence-corrected chi connectivity index (χ0v) is 23.0. The van der Waals surface area contributed by atoms with Gasteiger partial charge in [-0.05, 0) is 70.6 Å². The van der Waals surface area contributed by atoms with Gasteiger partial charge in [0.05, 0.1) is 17.9 Å². The zero-order valence-electron chi connectivity index (χ0n) is 21.3. The van der Waals surface area contributed by atoms with Crippen molar-refractivity contribution in [2.75, 3.05) is 17.7 Å². The number of amides is 1. The van der Waals surface area contributed by atoms with Crippen LogP contribution in [0.15, 0.2) is 23.4 Å². The number of fused-ring (bicyclic) bond motifs is 1. The molecule has 2 aromatic heterocycles. The molecule has 0 saturated carbocycles. The second-order valence-corrected chi connectivity index (χ2v) is 10.9. The largest absolute Gasteiger partial charge is 0.482 e. The third-order valence-corrected chi connectivity index (χ3v) is 8.33. The predicted octanol–water partition coefficient (Wildman–Crippen LogP) is 5.42. The van der Waals surface area contributed by atoms with E-state index in [0.717, 1.165) is 42.6 Å². The van der Waals surface area contributed by atoms with E-state index in [4.69, 9.17) is 9.47 Å². The number of hydrogen-bond acceptors (Lipinski definition) is 8. The number of carbonyl (C=O) groups is 2. The summed E-state index contributed by atoms with van der Waals surface area (Å²) in [5.41, 5.74) is 3.80. The molecule has 0 spiro atoms. The van der Waals surface area contributed by atoms with Crippen LogP contribution in [0.5, 0.6) is 5.75 Å². The van der Waals surface area contributed by atoms with Crippen molar-refractivity contribution >= 4 is 40.0 Å². The number of anilines is 1. The second-order valence-electron chi connectivity index (χ2n) is 8.90. The molecule has 4 rings (SSSR count). The maximum atomic E-state index is 12.8. The van der Waals surface area contributed by atoms with Crippen molar-refractivity contribution in [1.29, 1.82) is 0 Å². The van der Waals surface area contributed by atoms with Gasteiger partial charge in [0.1, 0.15) is 10.8 Å². The number of rotatable bonds is 9. The molecule has 1 atom stereocenters. The third kappa shape index (κ3) is 5.75. The molecule has 1 aromatic carbocycles. The van der Waals surface area contributed by atoms with Crippen LogP contribution in [0.25, 0.3) is 0 Å². The Hall–Kier alpha value is -2.85. The van der Waals surface area contributed by atoms with Crippen molar-refractivity contribution in [2.45, 2.75) is 64.6 Å². The molecule has 10 heteroatoms. The summed E-state index contributed by atoms with van der Waals surface area (Å²) < 4.78 is 13.3. The fraction of sp³-hybridized carbons (Fsp3) is 0.462. The van der Waals surface area contributed by atoms with Gasteiger partial charge in [-0.1, -0.05) is 29.5 Å². The first kappa shape index (κ1) is 26.2. The van der Waals surface area contributed by atoms with Crippen molar-refractivity contribution in [3.05, 3.63) is 51.2 Å². The van der Waals surface area contributed by atoms with Crippen LogP contribution < -0.4 is 10.1 Å². The number of thioether (sulfide) groups is 1. The minimum absolute atomic E-state index is 0.142. The van der Waals surface area contributed by atoms with Gasteiger partial charge < -0.3 is 19.4 Å². The van der Waals surface area contributed by atoms with E-state index in [1.807, 2.05) is 44.5 Å². The van der Waals surface area contributed by atoms with E-state index in [-0.39, 0.29) is 23.7 Å². The highest BCUT2D eigenvalue weighted by Gasteiger charge is 2.27. The molecular formula is C26H32N4O4S2. The fourth-order valence-electron chi connectivity index (χ4n) is 4.35. The Morgan fingerprint density at radius 1 is 1.22 bits per heavy atom. The Morgan fingerprint density at radius 2 is 2.00 bits per heavy atom. The second kappa shape index (κ2) is 11.5. The smallest absolute Gasteiger partial charge is 0.341 e. The first-order valence-electron chi connectivity index (χ1n) is 12.2. The Balaban J connectivity index is 1.41. The number of carbonyl (C=O) groups excluding carboxylic acids is 2. The highest BCUT2D eigenvalue weighted by atomic mass is 32.2. The summed E-state index contributed by atoms with van der Waals surface area (Å²) in [6.45, 7) is 8.08. The average Bonchev–Trinajstić information content (AvgIpc) is 3.39. The number of benzene rings is 1. The van der Waals surface area contributed by atoms with Crippen LogP contribution in [0.4, 0.5) is 5.00 Å². The first-order chi connectivity index (χ1) is 17.3. The molecular weight excluding hydrogens is 496 g/mol.